The number of unbranched alkanes of at least 4 members (excludes halogenated alkanes) is 3. The summed E-state index contributed by atoms with van der Waals surface area (Å²) in [7, 11) is 1.44. The Morgan fingerprint density at radius 1 is 0.808 bits per heavy atom. The third-order valence-electron chi connectivity index (χ3n) is 4.70. The van der Waals surface area contributed by atoms with Gasteiger partial charge in [0.1, 0.15) is 9.81 Å². The second-order valence-electron chi connectivity index (χ2n) is 6.63. The van der Waals surface area contributed by atoms with Crippen LogP contribution in [0.4, 0.5) is 0 Å². The fourth-order valence-electron chi connectivity index (χ4n) is 3.09. The number of hydrogen-bond acceptors (Lipinski definition) is 6. The lowest BCUT2D eigenvalue weighted by Crippen LogP contribution is -2.17. The first-order valence-electron chi connectivity index (χ1n) is 9.59. The lowest BCUT2D eigenvalue weighted by Gasteiger charge is -2.32. The molecule has 0 spiro atoms. The van der Waals surface area contributed by atoms with Crippen LogP contribution < -0.4 is 0 Å². The number of rotatable bonds is 12. The molecule has 0 aromatic rings. The zero-order chi connectivity index (χ0) is 19.6. The molecule has 26 heavy (non-hydrogen) atoms. The van der Waals surface area contributed by atoms with E-state index in [1.807, 2.05) is 0 Å². The van der Waals surface area contributed by atoms with Crippen molar-refractivity contribution in [3.63, 3.8) is 0 Å². The lowest BCUT2D eigenvalue weighted by molar-refractivity contribution is -0.138. The van der Waals surface area contributed by atoms with Gasteiger partial charge in [0.05, 0.1) is 32.7 Å². The van der Waals surface area contributed by atoms with Crippen molar-refractivity contribution in [3.8, 4) is 0 Å². The standard InChI is InChI=1S/C19H34O4PS2/c1-6-9-12-24(13-10-7-2,14-11-8-3)19-25-15(17(20)22-4)16(26-19)18(21)23-5/h19H,6-14H2,1-5H3/q+1. The van der Waals surface area contributed by atoms with Gasteiger partial charge in [-0.2, -0.15) is 0 Å². The van der Waals surface area contributed by atoms with Crippen LogP contribution in [0.1, 0.15) is 59.3 Å². The lowest BCUT2D eigenvalue weighted by atomic mass is 10.4. The van der Waals surface area contributed by atoms with E-state index < -0.39 is 19.2 Å². The normalized spacial score (nSPS) is 15.4. The van der Waals surface area contributed by atoms with E-state index >= 15 is 0 Å². The van der Waals surface area contributed by atoms with Crippen LogP contribution in [-0.2, 0) is 19.1 Å². The molecule has 0 atom stereocenters. The maximum absolute atomic E-state index is 12.2. The average Bonchev–Trinajstić information content (AvgIpc) is 3.12. The molecule has 0 fully saturated rings. The van der Waals surface area contributed by atoms with Gasteiger partial charge >= 0.3 is 11.9 Å². The minimum absolute atomic E-state index is 0.273. The first-order chi connectivity index (χ1) is 12.5. The first kappa shape index (κ1) is 23.8. The third-order valence-corrected chi connectivity index (χ3v) is 14.9. The zero-order valence-corrected chi connectivity index (χ0v) is 19.4. The Labute approximate surface area is 167 Å². The molecule has 0 bridgehead atoms. The minimum atomic E-state index is -1.30. The van der Waals surface area contributed by atoms with E-state index in [-0.39, 0.29) is 4.32 Å². The van der Waals surface area contributed by atoms with Crippen molar-refractivity contribution in [2.45, 2.75) is 63.6 Å². The summed E-state index contributed by atoms with van der Waals surface area (Å²) in [6.45, 7) is 6.71. The Hall–Kier alpha value is -0.190. The molecule has 1 rings (SSSR count). The number of carbonyl (C=O) groups excluding carboxylic acids is 2. The molecular formula is C19H34O4PS2+. The zero-order valence-electron chi connectivity index (χ0n) is 16.8. The van der Waals surface area contributed by atoms with Crippen molar-refractivity contribution in [2.24, 2.45) is 0 Å². The topological polar surface area (TPSA) is 52.6 Å². The van der Waals surface area contributed by atoms with E-state index in [0.717, 1.165) is 0 Å². The van der Waals surface area contributed by atoms with Crippen LogP contribution in [-0.4, -0.2) is 49.0 Å². The highest BCUT2D eigenvalue weighted by Gasteiger charge is 2.51. The molecular weight excluding hydrogens is 387 g/mol. The Morgan fingerprint density at radius 3 is 1.42 bits per heavy atom. The molecule has 150 valence electrons. The van der Waals surface area contributed by atoms with Gasteiger partial charge in [0.15, 0.2) is 4.32 Å². The van der Waals surface area contributed by atoms with Crippen molar-refractivity contribution < 1.29 is 19.1 Å². The van der Waals surface area contributed by atoms with Crippen molar-refractivity contribution in [2.75, 3.05) is 32.7 Å². The molecule has 1 aliphatic heterocycles. The molecule has 4 nitrogen and oxygen atoms in total. The van der Waals surface area contributed by atoms with E-state index in [0.29, 0.717) is 9.81 Å². The van der Waals surface area contributed by atoms with Gasteiger partial charge in [0.2, 0.25) is 0 Å². The Balaban J connectivity index is 3.16. The molecule has 0 aromatic heterocycles. The highest BCUT2D eigenvalue weighted by molar-refractivity contribution is 8.32. The van der Waals surface area contributed by atoms with Crippen LogP contribution in [0, 0.1) is 0 Å². The molecule has 1 heterocycles. The summed E-state index contributed by atoms with van der Waals surface area (Å²) < 4.78 is 10.1. The van der Waals surface area contributed by atoms with E-state index in [9.17, 15) is 9.59 Å². The summed E-state index contributed by atoms with van der Waals surface area (Å²) in [6.07, 6.45) is 11.0. The van der Waals surface area contributed by atoms with E-state index in [4.69, 9.17) is 9.47 Å². The molecule has 0 aliphatic carbocycles. The SMILES string of the molecule is CCCC[P+](CCCC)(CCCC)C1SC(C(=O)OC)=C(C(=O)OC)S1. The van der Waals surface area contributed by atoms with E-state index in [1.54, 1.807) is 23.5 Å². The van der Waals surface area contributed by atoms with Crippen LogP contribution >= 0.6 is 30.8 Å². The monoisotopic (exact) mass is 421 g/mol. The molecule has 7 heteroatoms. The molecule has 0 unspecified atom stereocenters. The van der Waals surface area contributed by atoms with Crippen LogP contribution in [0.2, 0.25) is 0 Å². The number of esters is 2. The summed E-state index contributed by atoms with van der Waals surface area (Å²) in [5.41, 5.74) is 0. The van der Waals surface area contributed by atoms with Crippen molar-refractivity contribution in [1.29, 1.82) is 0 Å². The van der Waals surface area contributed by atoms with Gasteiger partial charge in [0.25, 0.3) is 0 Å². The first-order valence-corrected chi connectivity index (χ1v) is 13.8. The van der Waals surface area contributed by atoms with Crippen LogP contribution in [0.3, 0.4) is 0 Å². The van der Waals surface area contributed by atoms with Crippen LogP contribution in [0.25, 0.3) is 0 Å². The van der Waals surface area contributed by atoms with Crippen LogP contribution in [0.5, 0.6) is 0 Å². The molecule has 0 saturated carbocycles. The maximum Gasteiger partial charge on any atom is 0.345 e. The predicted octanol–water partition coefficient (Wildman–Crippen LogP) is 5.73. The largest absolute Gasteiger partial charge is 0.465 e. The van der Waals surface area contributed by atoms with E-state index in [1.165, 1.54) is 71.2 Å². The fourth-order valence-corrected chi connectivity index (χ4v) is 13.8. The summed E-state index contributed by atoms with van der Waals surface area (Å²) in [5.74, 6) is -0.824. The highest BCUT2D eigenvalue weighted by atomic mass is 32.2. The number of hydrogen-bond donors (Lipinski definition) is 0. The second-order valence-corrected chi connectivity index (χ2v) is 14.2. The van der Waals surface area contributed by atoms with Gasteiger partial charge in [0, 0.05) is 7.26 Å². The van der Waals surface area contributed by atoms with Gasteiger partial charge in [-0.1, -0.05) is 63.6 Å². The van der Waals surface area contributed by atoms with Gasteiger partial charge in [-0.05, 0) is 19.3 Å². The summed E-state index contributed by atoms with van der Waals surface area (Å²) >= 11 is 3.14. The number of thioether (sulfide) groups is 2. The van der Waals surface area contributed by atoms with Crippen molar-refractivity contribution in [1.82, 2.24) is 0 Å². The predicted molar refractivity (Wildman–Crippen MR) is 116 cm³/mol. The Bertz CT molecular complexity index is 458. The quantitative estimate of drug-likeness (QED) is 0.296. The summed E-state index contributed by atoms with van der Waals surface area (Å²) in [6, 6.07) is 0. The molecule has 1 aliphatic rings. The number of methoxy groups -OCH3 is 2. The van der Waals surface area contributed by atoms with Gasteiger partial charge < -0.3 is 9.47 Å². The third kappa shape index (κ3) is 6.17. The van der Waals surface area contributed by atoms with Gasteiger partial charge in [-0.3, -0.25) is 0 Å². The second kappa shape index (κ2) is 12.3. The highest BCUT2D eigenvalue weighted by Crippen LogP contribution is 2.74. The van der Waals surface area contributed by atoms with E-state index in [2.05, 4.69) is 20.8 Å². The number of ether oxygens (including phenoxy) is 2. The van der Waals surface area contributed by atoms with Crippen molar-refractivity contribution in [3.05, 3.63) is 9.81 Å². The molecule has 0 radical (unpaired) electrons. The van der Waals surface area contributed by atoms with Crippen LogP contribution in [0.15, 0.2) is 9.81 Å². The number of carbonyl (C=O) groups is 2. The minimum Gasteiger partial charge on any atom is -0.465 e. The Morgan fingerprint density at radius 2 is 1.15 bits per heavy atom. The molecule has 0 aromatic carbocycles. The fraction of sp³-hybridized carbons (Fsp3) is 0.789. The maximum atomic E-state index is 12.2. The Kier molecular flexibility index (Phi) is 11.3. The summed E-state index contributed by atoms with van der Waals surface area (Å²) in [5, 5.41) is 0. The smallest absolute Gasteiger partial charge is 0.345 e. The van der Waals surface area contributed by atoms with Gasteiger partial charge in [-0.15, -0.1) is 0 Å². The average molecular weight is 422 g/mol. The molecule has 0 saturated heterocycles. The molecule has 0 amide bonds. The van der Waals surface area contributed by atoms with Crippen molar-refractivity contribution >= 4 is 42.7 Å². The van der Waals surface area contributed by atoms with Gasteiger partial charge in [-0.25, -0.2) is 9.59 Å². The molecule has 0 N–H and O–H groups in total. The summed E-state index contributed by atoms with van der Waals surface area (Å²) in [4.78, 5) is 25.4.